The van der Waals surface area contributed by atoms with Crippen LogP contribution in [0.3, 0.4) is 0 Å². The van der Waals surface area contributed by atoms with Crippen LogP contribution in [-0.4, -0.2) is 39.6 Å². The molecule has 0 aliphatic carbocycles. The molecule has 1 aromatic heterocycles. The predicted octanol–water partition coefficient (Wildman–Crippen LogP) is 3.57. The van der Waals surface area contributed by atoms with E-state index in [0.717, 1.165) is 15.7 Å². The molecule has 9 heteroatoms. The smallest absolute Gasteiger partial charge is 0.274 e. The predicted molar refractivity (Wildman–Crippen MR) is 122 cm³/mol. The van der Waals surface area contributed by atoms with Gasteiger partial charge in [0, 0.05) is 28.9 Å². The number of hydrogen-bond donors (Lipinski definition) is 2. The molecule has 2 amide bonds. The van der Waals surface area contributed by atoms with Crippen LogP contribution < -0.4 is 10.6 Å². The Hall–Kier alpha value is -2.65. The molecule has 156 valence electrons. The number of carbonyl (C=O) groups is 2. The van der Waals surface area contributed by atoms with Crippen molar-refractivity contribution < 1.29 is 9.59 Å². The Morgan fingerprint density at radius 2 is 1.87 bits per heavy atom. The Kier molecular flexibility index (Phi) is 7.64. The molecule has 0 fully saturated rings. The fourth-order valence-electron chi connectivity index (χ4n) is 2.88. The first-order chi connectivity index (χ1) is 14.5. The van der Waals surface area contributed by atoms with Gasteiger partial charge in [0.15, 0.2) is 5.69 Å². The molecule has 7 nitrogen and oxygen atoms in total. The maximum Gasteiger partial charge on any atom is 0.274 e. The Morgan fingerprint density at radius 3 is 2.53 bits per heavy atom. The first-order valence-corrected chi connectivity index (χ1v) is 11.6. The van der Waals surface area contributed by atoms with Gasteiger partial charge in [-0.15, -0.1) is 5.10 Å². The normalized spacial score (nSPS) is 10.6. The number of aromatic nitrogens is 3. The van der Waals surface area contributed by atoms with E-state index in [1.807, 2.05) is 37.4 Å². The van der Waals surface area contributed by atoms with Crippen molar-refractivity contribution in [2.24, 2.45) is 0 Å². The van der Waals surface area contributed by atoms with Crippen LogP contribution in [0, 0.1) is 0 Å². The standard InChI is InChI=1S/C21H22BrN5O2S/c1-3-23-20(28)15-7-9-17(10-8-15)27-18(13-30-2)19(25-26-27)21(29)24-12-14-5-4-6-16(22)11-14/h4-11H,3,12-13H2,1-2H3,(H,23,28)(H,24,29). The molecule has 0 spiro atoms. The highest BCUT2D eigenvalue weighted by molar-refractivity contribution is 9.10. The van der Waals surface area contributed by atoms with Gasteiger partial charge in [-0.2, -0.15) is 11.8 Å². The van der Waals surface area contributed by atoms with E-state index in [1.54, 1.807) is 40.7 Å². The van der Waals surface area contributed by atoms with Crippen molar-refractivity contribution in [3.63, 3.8) is 0 Å². The van der Waals surface area contributed by atoms with Gasteiger partial charge >= 0.3 is 0 Å². The lowest BCUT2D eigenvalue weighted by Gasteiger charge is -2.09. The molecular weight excluding hydrogens is 466 g/mol. The molecule has 0 aliphatic rings. The van der Waals surface area contributed by atoms with Crippen LogP contribution in [0.1, 0.15) is 39.0 Å². The average Bonchev–Trinajstić information content (AvgIpc) is 3.16. The molecule has 30 heavy (non-hydrogen) atoms. The minimum atomic E-state index is -0.274. The highest BCUT2D eigenvalue weighted by Crippen LogP contribution is 2.19. The van der Waals surface area contributed by atoms with Gasteiger partial charge in [-0.3, -0.25) is 9.59 Å². The van der Waals surface area contributed by atoms with E-state index in [-0.39, 0.29) is 11.8 Å². The number of benzene rings is 2. The average molecular weight is 488 g/mol. The third kappa shape index (κ3) is 5.28. The first-order valence-electron chi connectivity index (χ1n) is 9.38. The zero-order chi connectivity index (χ0) is 21.5. The maximum absolute atomic E-state index is 12.8. The topological polar surface area (TPSA) is 88.9 Å². The second kappa shape index (κ2) is 10.4. The van der Waals surface area contributed by atoms with Crippen LogP contribution in [0.25, 0.3) is 5.69 Å². The van der Waals surface area contributed by atoms with E-state index < -0.39 is 0 Å². The number of thioether (sulfide) groups is 1. The van der Waals surface area contributed by atoms with Crippen molar-refractivity contribution in [2.45, 2.75) is 19.2 Å². The van der Waals surface area contributed by atoms with Crippen molar-refractivity contribution in [3.05, 3.63) is 75.5 Å². The lowest BCUT2D eigenvalue weighted by molar-refractivity contribution is 0.0940. The summed E-state index contributed by atoms with van der Waals surface area (Å²) in [5, 5.41) is 14.0. The van der Waals surface area contributed by atoms with Crippen molar-refractivity contribution in [2.75, 3.05) is 12.8 Å². The summed E-state index contributed by atoms with van der Waals surface area (Å²) in [6, 6.07) is 14.8. The van der Waals surface area contributed by atoms with Crippen molar-refractivity contribution in [1.29, 1.82) is 0 Å². The van der Waals surface area contributed by atoms with E-state index in [1.165, 1.54) is 0 Å². The van der Waals surface area contributed by atoms with Gasteiger partial charge in [-0.1, -0.05) is 33.3 Å². The molecule has 1 heterocycles. The molecule has 0 saturated heterocycles. The molecule has 2 N–H and O–H groups in total. The van der Waals surface area contributed by atoms with Crippen LogP contribution >= 0.6 is 27.7 Å². The van der Waals surface area contributed by atoms with E-state index >= 15 is 0 Å². The Labute approximate surface area is 187 Å². The molecule has 0 bridgehead atoms. The first kappa shape index (κ1) is 22.0. The number of amides is 2. The van der Waals surface area contributed by atoms with Gasteiger partial charge in [0.2, 0.25) is 0 Å². The summed E-state index contributed by atoms with van der Waals surface area (Å²) in [4.78, 5) is 24.7. The van der Waals surface area contributed by atoms with E-state index in [4.69, 9.17) is 0 Å². The molecular formula is C21H22BrN5O2S. The maximum atomic E-state index is 12.8. The number of nitrogens with one attached hydrogen (secondary N) is 2. The molecule has 0 radical (unpaired) electrons. The summed E-state index contributed by atoms with van der Waals surface area (Å²) in [6.07, 6.45) is 1.96. The van der Waals surface area contributed by atoms with Gasteiger partial charge < -0.3 is 10.6 Å². The SMILES string of the molecule is CCNC(=O)c1ccc(-n2nnc(C(=O)NCc3cccc(Br)c3)c2CSC)cc1. The van der Waals surface area contributed by atoms with Crippen molar-refractivity contribution in [3.8, 4) is 5.69 Å². The highest BCUT2D eigenvalue weighted by Gasteiger charge is 2.20. The van der Waals surface area contributed by atoms with E-state index in [0.29, 0.717) is 35.8 Å². The second-order valence-corrected chi connectivity index (χ2v) is 8.23. The molecule has 2 aromatic carbocycles. The molecule has 0 aliphatic heterocycles. The number of hydrogen-bond acceptors (Lipinski definition) is 5. The monoisotopic (exact) mass is 487 g/mol. The largest absolute Gasteiger partial charge is 0.352 e. The minimum absolute atomic E-state index is 0.125. The summed E-state index contributed by atoms with van der Waals surface area (Å²) in [5.41, 5.74) is 3.30. The highest BCUT2D eigenvalue weighted by atomic mass is 79.9. The summed E-state index contributed by atoms with van der Waals surface area (Å²) >= 11 is 5.01. The zero-order valence-corrected chi connectivity index (χ0v) is 19.1. The Bertz CT molecular complexity index is 1040. The zero-order valence-electron chi connectivity index (χ0n) is 16.7. The molecule has 0 atom stereocenters. The van der Waals surface area contributed by atoms with Gasteiger partial charge in [0.05, 0.1) is 11.4 Å². The number of nitrogens with zero attached hydrogens (tertiary/aromatic N) is 3. The Balaban J connectivity index is 1.80. The van der Waals surface area contributed by atoms with Crippen LogP contribution in [0.15, 0.2) is 53.0 Å². The van der Waals surface area contributed by atoms with Gasteiger partial charge in [-0.05, 0) is 55.1 Å². The van der Waals surface area contributed by atoms with Crippen molar-refractivity contribution in [1.82, 2.24) is 25.6 Å². The molecule has 3 aromatic rings. The van der Waals surface area contributed by atoms with Crippen LogP contribution in [0.5, 0.6) is 0 Å². The van der Waals surface area contributed by atoms with Crippen LogP contribution in [0.2, 0.25) is 0 Å². The number of rotatable bonds is 8. The van der Waals surface area contributed by atoms with E-state index in [2.05, 4.69) is 36.9 Å². The number of halogens is 1. The fraction of sp³-hybridized carbons (Fsp3) is 0.238. The van der Waals surface area contributed by atoms with E-state index in [9.17, 15) is 9.59 Å². The second-order valence-electron chi connectivity index (χ2n) is 6.45. The van der Waals surface area contributed by atoms with Gasteiger partial charge in [0.1, 0.15) is 0 Å². The van der Waals surface area contributed by atoms with Crippen LogP contribution in [0.4, 0.5) is 0 Å². The summed E-state index contributed by atoms with van der Waals surface area (Å²) in [6.45, 7) is 2.84. The third-order valence-electron chi connectivity index (χ3n) is 4.31. The lowest BCUT2D eigenvalue weighted by Crippen LogP contribution is -2.24. The summed E-state index contributed by atoms with van der Waals surface area (Å²) in [5.74, 6) is 0.175. The Morgan fingerprint density at radius 1 is 1.10 bits per heavy atom. The fourth-order valence-corrected chi connectivity index (χ4v) is 3.86. The quantitative estimate of drug-likeness (QED) is 0.506. The molecule has 0 saturated carbocycles. The van der Waals surface area contributed by atoms with Gasteiger partial charge in [-0.25, -0.2) is 4.68 Å². The van der Waals surface area contributed by atoms with Crippen LogP contribution in [-0.2, 0) is 12.3 Å². The minimum Gasteiger partial charge on any atom is -0.352 e. The molecule has 3 rings (SSSR count). The van der Waals surface area contributed by atoms with Gasteiger partial charge in [0.25, 0.3) is 11.8 Å². The molecule has 0 unspecified atom stereocenters. The number of carbonyl (C=O) groups excluding carboxylic acids is 2. The third-order valence-corrected chi connectivity index (χ3v) is 5.37. The van der Waals surface area contributed by atoms with Crippen molar-refractivity contribution >= 4 is 39.5 Å². The lowest BCUT2D eigenvalue weighted by atomic mass is 10.2. The summed E-state index contributed by atoms with van der Waals surface area (Å²) < 4.78 is 2.60. The summed E-state index contributed by atoms with van der Waals surface area (Å²) in [7, 11) is 0.